The van der Waals surface area contributed by atoms with Crippen LogP contribution in [0.3, 0.4) is 0 Å². The summed E-state index contributed by atoms with van der Waals surface area (Å²) in [6, 6.07) is 13.4. The fraction of sp³-hybridized carbons (Fsp3) is 0.0952. The van der Waals surface area contributed by atoms with E-state index in [2.05, 4.69) is 31.6 Å². The van der Waals surface area contributed by atoms with Crippen LogP contribution in [0.1, 0.15) is 23.6 Å². The summed E-state index contributed by atoms with van der Waals surface area (Å²) >= 11 is 7.46. The topological polar surface area (TPSA) is 107 Å². The molecule has 0 spiro atoms. The Labute approximate surface area is 181 Å². The van der Waals surface area contributed by atoms with Crippen molar-refractivity contribution in [3.63, 3.8) is 0 Å². The van der Waals surface area contributed by atoms with Gasteiger partial charge in [-0.2, -0.15) is 10.4 Å². The highest BCUT2D eigenvalue weighted by atomic mass is 35.5. The molecule has 7 nitrogen and oxygen atoms in total. The van der Waals surface area contributed by atoms with E-state index in [1.807, 2.05) is 30.3 Å². The molecule has 0 bridgehead atoms. The van der Waals surface area contributed by atoms with Crippen LogP contribution in [-0.4, -0.2) is 26.1 Å². The first-order chi connectivity index (χ1) is 14.5. The van der Waals surface area contributed by atoms with Crippen LogP contribution >= 0.6 is 22.9 Å². The molecule has 2 N–H and O–H groups in total. The largest absolute Gasteiger partial charge is 0.311 e. The Balaban J connectivity index is 1.85. The van der Waals surface area contributed by atoms with Crippen LogP contribution in [0.4, 0.5) is 5.82 Å². The summed E-state index contributed by atoms with van der Waals surface area (Å²) in [6.45, 7) is 1.42. The van der Waals surface area contributed by atoms with Gasteiger partial charge in [0.15, 0.2) is 5.82 Å². The van der Waals surface area contributed by atoms with Crippen molar-refractivity contribution >= 4 is 34.7 Å². The van der Waals surface area contributed by atoms with E-state index in [1.165, 1.54) is 24.6 Å². The maximum absolute atomic E-state index is 11.4. The van der Waals surface area contributed by atoms with Crippen LogP contribution in [0.25, 0.3) is 21.1 Å². The predicted octanol–water partition coefficient (Wildman–Crippen LogP) is 4.67. The van der Waals surface area contributed by atoms with Crippen LogP contribution in [0, 0.1) is 11.3 Å². The van der Waals surface area contributed by atoms with E-state index in [9.17, 15) is 10.1 Å². The normalized spacial score (nSPS) is 10.6. The number of rotatable bonds is 5. The van der Waals surface area contributed by atoms with Gasteiger partial charge in [0, 0.05) is 24.6 Å². The Morgan fingerprint density at radius 2 is 2.03 bits per heavy atom. The number of nitrogens with one attached hydrogen (secondary N) is 2. The van der Waals surface area contributed by atoms with E-state index in [1.54, 1.807) is 12.3 Å². The molecular weight excluding hydrogens is 420 g/mol. The lowest BCUT2D eigenvalue weighted by molar-refractivity contribution is -0.114. The summed E-state index contributed by atoms with van der Waals surface area (Å²) in [4.78, 5) is 21.5. The van der Waals surface area contributed by atoms with Gasteiger partial charge < -0.3 is 5.32 Å². The molecule has 0 atom stereocenters. The van der Waals surface area contributed by atoms with E-state index < -0.39 is 0 Å². The number of hydrogen-bond donors (Lipinski definition) is 2. The number of pyridine rings is 1. The van der Waals surface area contributed by atoms with Crippen LogP contribution in [-0.2, 0) is 11.2 Å². The smallest absolute Gasteiger partial charge is 0.222 e. The fourth-order valence-corrected chi connectivity index (χ4v) is 4.43. The highest BCUT2D eigenvalue weighted by molar-refractivity contribution is 7.19. The molecule has 3 heterocycles. The first-order valence-electron chi connectivity index (χ1n) is 8.95. The summed E-state index contributed by atoms with van der Waals surface area (Å²) in [7, 11) is 0. The van der Waals surface area contributed by atoms with Gasteiger partial charge in [0.1, 0.15) is 18.2 Å². The van der Waals surface area contributed by atoms with Crippen LogP contribution in [0.2, 0.25) is 5.02 Å². The van der Waals surface area contributed by atoms with Gasteiger partial charge in [0.05, 0.1) is 15.3 Å². The van der Waals surface area contributed by atoms with Gasteiger partial charge in [0.25, 0.3) is 0 Å². The van der Waals surface area contributed by atoms with Crippen molar-refractivity contribution in [3.05, 3.63) is 70.6 Å². The van der Waals surface area contributed by atoms with Gasteiger partial charge >= 0.3 is 0 Å². The summed E-state index contributed by atoms with van der Waals surface area (Å²) in [6.07, 6.45) is 3.58. The summed E-state index contributed by atoms with van der Waals surface area (Å²) in [5, 5.41) is 20.2. The van der Waals surface area contributed by atoms with Crippen molar-refractivity contribution < 1.29 is 4.79 Å². The van der Waals surface area contributed by atoms with Crippen molar-refractivity contribution in [2.75, 3.05) is 5.32 Å². The van der Waals surface area contributed by atoms with E-state index in [4.69, 9.17) is 11.6 Å². The Hall–Kier alpha value is -3.54. The van der Waals surface area contributed by atoms with Crippen molar-refractivity contribution in [1.29, 1.82) is 5.26 Å². The molecule has 0 radical (unpaired) electrons. The molecule has 1 amide bonds. The first-order valence-corrected chi connectivity index (χ1v) is 10.1. The van der Waals surface area contributed by atoms with Gasteiger partial charge in [-0.25, -0.2) is 9.97 Å². The van der Waals surface area contributed by atoms with Crippen molar-refractivity contribution in [3.8, 4) is 27.2 Å². The summed E-state index contributed by atoms with van der Waals surface area (Å²) in [5.74, 6) is 0.817. The van der Waals surface area contributed by atoms with Gasteiger partial charge in [-0.1, -0.05) is 23.7 Å². The average molecular weight is 435 g/mol. The number of amides is 1. The zero-order valence-corrected chi connectivity index (χ0v) is 17.4. The molecule has 0 aliphatic rings. The number of aromatic nitrogens is 4. The van der Waals surface area contributed by atoms with Crippen LogP contribution in [0.5, 0.6) is 0 Å². The third kappa shape index (κ3) is 4.08. The maximum Gasteiger partial charge on any atom is 0.222 e. The minimum Gasteiger partial charge on any atom is -0.311 e. The SMILES string of the molecule is CC(=O)Nc1cc(-c2sc(-c3ncn[nH]3)c(Cc3ccc(Cl)cc3)c2C#N)ccn1. The van der Waals surface area contributed by atoms with E-state index >= 15 is 0 Å². The predicted molar refractivity (Wildman–Crippen MR) is 116 cm³/mol. The Morgan fingerprint density at radius 1 is 1.23 bits per heavy atom. The first kappa shape index (κ1) is 19.8. The van der Waals surface area contributed by atoms with Gasteiger partial charge in [-0.3, -0.25) is 9.89 Å². The molecule has 1 aromatic carbocycles. The number of anilines is 1. The monoisotopic (exact) mass is 434 g/mol. The molecule has 3 aromatic heterocycles. The Morgan fingerprint density at radius 3 is 2.70 bits per heavy atom. The molecule has 148 valence electrons. The molecule has 4 rings (SSSR count). The number of nitriles is 1. The van der Waals surface area contributed by atoms with E-state index in [0.717, 1.165) is 26.4 Å². The molecule has 0 aliphatic carbocycles. The van der Waals surface area contributed by atoms with Crippen LogP contribution < -0.4 is 5.32 Å². The Kier molecular flexibility index (Phi) is 5.57. The molecule has 0 aliphatic heterocycles. The summed E-state index contributed by atoms with van der Waals surface area (Å²) < 4.78 is 0. The molecule has 4 aromatic rings. The minimum absolute atomic E-state index is 0.211. The highest BCUT2D eigenvalue weighted by Gasteiger charge is 2.22. The standard InChI is InChI=1S/C21H15ClN6OS/c1-12(29)27-18-9-14(6-7-24-18)19-17(10-23)16(8-13-2-4-15(22)5-3-13)20(30-19)21-25-11-26-28-21/h2-7,9,11H,8H2,1H3,(H,24,27,29)(H,25,26,28). The second-order valence-electron chi connectivity index (χ2n) is 6.47. The number of aromatic amines is 1. The number of carbonyl (C=O) groups excluding carboxylic acids is 1. The molecule has 0 saturated carbocycles. The van der Waals surface area contributed by atoms with Gasteiger partial charge in [-0.05, 0) is 41.0 Å². The second-order valence-corrected chi connectivity index (χ2v) is 7.93. The van der Waals surface area contributed by atoms with Crippen molar-refractivity contribution in [2.45, 2.75) is 13.3 Å². The lowest BCUT2D eigenvalue weighted by Crippen LogP contribution is -2.07. The number of carbonyl (C=O) groups is 1. The summed E-state index contributed by atoms with van der Waals surface area (Å²) in [5.41, 5.74) is 3.23. The third-order valence-electron chi connectivity index (χ3n) is 4.37. The number of thiophene rings is 1. The number of hydrogen-bond acceptors (Lipinski definition) is 6. The Bertz CT molecular complexity index is 1240. The quantitative estimate of drug-likeness (QED) is 0.474. The van der Waals surface area contributed by atoms with E-state index in [-0.39, 0.29) is 5.91 Å². The molecule has 0 fully saturated rings. The molecular formula is C21H15ClN6OS. The number of nitrogens with zero attached hydrogens (tertiary/aromatic N) is 4. The highest BCUT2D eigenvalue weighted by Crippen LogP contribution is 2.42. The molecule has 0 saturated heterocycles. The zero-order valence-electron chi connectivity index (χ0n) is 15.8. The maximum atomic E-state index is 11.4. The third-order valence-corrected chi connectivity index (χ3v) is 5.91. The second kappa shape index (κ2) is 8.45. The van der Waals surface area contributed by atoms with E-state index in [0.29, 0.717) is 28.6 Å². The fourth-order valence-electron chi connectivity index (χ4n) is 3.09. The number of H-pyrrole nitrogens is 1. The lowest BCUT2D eigenvalue weighted by Gasteiger charge is -2.05. The van der Waals surface area contributed by atoms with Crippen molar-refractivity contribution in [2.24, 2.45) is 0 Å². The average Bonchev–Trinajstić information content (AvgIpc) is 3.37. The minimum atomic E-state index is -0.211. The molecule has 0 unspecified atom stereocenters. The number of halogens is 1. The number of benzene rings is 1. The molecule has 9 heteroatoms. The van der Waals surface area contributed by atoms with Gasteiger partial charge in [0.2, 0.25) is 5.91 Å². The molecule has 30 heavy (non-hydrogen) atoms. The lowest BCUT2D eigenvalue weighted by atomic mass is 9.99. The van der Waals surface area contributed by atoms with Crippen LogP contribution in [0.15, 0.2) is 48.9 Å². The van der Waals surface area contributed by atoms with Crippen molar-refractivity contribution in [1.82, 2.24) is 20.2 Å². The van der Waals surface area contributed by atoms with Gasteiger partial charge in [-0.15, -0.1) is 11.3 Å². The zero-order chi connectivity index (χ0) is 21.1.